The van der Waals surface area contributed by atoms with Gasteiger partial charge in [-0.2, -0.15) is 0 Å². The smallest absolute Gasteiger partial charge is 0.253 e. The van der Waals surface area contributed by atoms with Gasteiger partial charge in [0.25, 0.3) is 5.91 Å². The number of primary amides is 1. The number of hydrogen-bond acceptors (Lipinski definition) is 3. The van der Waals surface area contributed by atoms with E-state index in [0.29, 0.717) is 16.4 Å². The van der Waals surface area contributed by atoms with Gasteiger partial charge in [-0.05, 0) is 35.9 Å². The molecule has 0 saturated carbocycles. The number of carbonyl (C=O) groups excluding carboxylic acids is 1. The summed E-state index contributed by atoms with van der Waals surface area (Å²) in [5.74, 6) is -0.600. The van der Waals surface area contributed by atoms with E-state index in [9.17, 15) is 9.59 Å². The van der Waals surface area contributed by atoms with E-state index in [1.54, 1.807) is 12.1 Å². The van der Waals surface area contributed by atoms with E-state index in [0.717, 1.165) is 22.0 Å². The lowest BCUT2D eigenvalue weighted by Gasteiger charge is -2.08. The number of rotatable bonds is 2. The molecular formula is C18H13ClN4O2. The van der Waals surface area contributed by atoms with E-state index in [1.807, 2.05) is 35.9 Å². The van der Waals surface area contributed by atoms with E-state index in [1.165, 1.54) is 6.07 Å². The number of aromatic nitrogens is 3. The molecule has 0 spiro atoms. The highest BCUT2D eigenvalue weighted by atomic mass is 35.5. The summed E-state index contributed by atoms with van der Waals surface area (Å²) in [5, 5.41) is 1.30. The minimum atomic E-state index is -0.600. The number of nitrogens with two attached hydrogens (primary N) is 1. The Labute approximate surface area is 146 Å². The van der Waals surface area contributed by atoms with Gasteiger partial charge in [0.2, 0.25) is 5.56 Å². The van der Waals surface area contributed by atoms with Crippen LogP contribution in [0.15, 0.2) is 47.3 Å². The number of pyridine rings is 2. The summed E-state index contributed by atoms with van der Waals surface area (Å²) in [4.78, 5) is 30.8. The summed E-state index contributed by atoms with van der Waals surface area (Å²) in [6.45, 7) is 0. The van der Waals surface area contributed by atoms with Gasteiger partial charge in [-0.15, -0.1) is 0 Å². The molecule has 1 amide bonds. The largest absolute Gasteiger partial charge is 0.365 e. The summed E-state index contributed by atoms with van der Waals surface area (Å²) < 4.78 is 1.84. The maximum Gasteiger partial charge on any atom is 0.253 e. The number of aromatic amines is 1. The Bertz CT molecular complexity index is 1220. The molecule has 6 nitrogen and oxygen atoms in total. The lowest BCUT2D eigenvalue weighted by molar-refractivity contribution is 0.100. The van der Waals surface area contributed by atoms with Gasteiger partial charge in [-0.25, -0.2) is 4.98 Å². The Morgan fingerprint density at radius 3 is 2.76 bits per heavy atom. The molecule has 3 N–H and O–H groups in total. The van der Waals surface area contributed by atoms with Gasteiger partial charge in [0.05, 0.1) is 27.8 Å². The molecule has 7 heteroatoms. The normalized spacial score (nSPS) is 11.3. The molecule has 0 radical (unpaired) electrons. The number of benzene rings is 1. The third-order valence-corrected chi connectivity index (χ3v) is 4.47. The first-order chi connectivity index (χ1) is 12.0. The monoisotopic (exact) mass is 352 g/mol. The van der Waals surface area contributed by atoms with Crippen LogP contribution < -0.4 is 11.3 Å². The van der Waals surface area contributed by atoms with Crippen molar-refractivity contribution in [2.75, 3.05) is 0 Å². The SMILES string of the molecule is Cn1c(-c2ccc3nc(Cl)ccc3c2)c(C(N)=O)c2[nH]c(=O)ccc21. The Morgan fingerprint density at radius 2 is 2.00 bits per heavy atom. The van der Waals surface area contributed by atoms with Crippen molar-refractivity contribution in [1.82, 2.24) is 14.5 Å². The van der Waals surface area contributed by atoms with Gasteiger partial charge >= 0.3 is 0 Å². The molecule has 0 aliphatic carbocycles. The number of fused-ring (bicyclic) bond motifs is 2. The van der Waals surface area contributed by atoms with E-state index >= 15 is 0 Å². The second-order valence-electron chi connectivity index (χ2n) is 5.77. The number of nitrogens with one attached hydrogen (secondary N) is 1. The van der Waals surface area contributed by atoms with Crippen molar-refractivity contribution in [3.05, 3.63) is 63.5 Å². The van der Waals surface area contributed by atoms with Crippen LogP contribution in [0, 0.1) is 0 Å². The zero-order valence-corrected chi connectivity index (χ0v) is 14.0. The summed E-state index contributed by atoms with van der Waals surface area (Å²) in [6.07, 6.45) is 0. The summed E-state index contributed by atoms with van der Waals surface area (Å²) in [7, 11) is 1.83. The Hall–Kier alpha value is -3.12. The average Bonchev–Trinajstić information content (AvgIpc) is 2.86. The van der Waals surface area contributed by atoms with E-state index in [-0.39, 0.29) is 11.1 Å². The Kier molecular flexibility index (Phi) is 3.36. The molecule has 3 aromatic heterocycles. The standard InChI is InChI=1S/C18H13ClN4O2/c1-23-12-5-7-14(24)22-16(12)15(18(20)25)17(23)10-2-4-11-9(8-10)3-6-13(19)21-11/h2-8H,1H3,(H2,20,25)(H,22,24). The molecule has 4 aromatic rings. The zero-order chi connectivity index (χ0) is 17.7. The molecule has 25 heavy (non-hydrogen) atoms. The number of carbonyl (C=O) groups is 1. The van der Waals surface area contributed by atoms with Crippen LogP contribution in [0.1, 0.15) is 10.4 Å². The van der Waals surface area contributed by atoms with Gasteiger partial charge in [0.15, 0.2) is 0 Å². The average molecular weight is 353 g/mol. The predicted molar refractivity (Wildman–Crippen MR) is 97.8 cm³/mol. The van der Waals surface area contributed by atoms with E-state index < -0.39 is 5.91 Å². The summed E-state index contributed by atoms with van der Waals surface area (Å²) in [5.41, 5.74) is 8.96. The fourth-order valence-electron chi connectivity index (χ4n) is 3.17. The first-order valence-electron chi connectivity index (χ1n) is 7.54. The van der Waals surface area contributed by atoms with Crippen molar-refractivity contribution in [2.24, 2.45) is 12.8 Å². The molecule has 0 saturated heterocycles. The molecule has 0 unspecified atom stereocenters. The van der Waals surface area contributed by atoms with Gasteiger partial charge in [0, 0.05) is 18.5 Å². The van der Waals surface area contributed by atoms with Crippen LogP contribution >= 0.6 is 11.6 Å². The van der Waals surface area contributed by atoms with Gasteiger partial charge < -0.3 is 15.3 Å². The van der Waals surface area contributed by atoms with Crippen molar-refractivity contribution >= 4 is 39.4 Å². The summed E-state index contributed by atoms with van der Waals surface area (Å²) >= 11 is 5.93. The molecule has 0 aliphatic heterocycles. The van der Waals surface area contributed by atoms with Crippen molar-refractivity contribution in [2.45, 2.75) is 0 Å². The van der Waals surface area contributed by atoms with Gasteiger partial charge in [-0.3, -0.25) is 9.59 Å². The topological polar surface area (TPSA) is 93.8 Å². The molecule has 0 aliphatic rings. The molecular weight excluding hydrogens is 340 g/mol. The molecule has 0 bridgehead atoms. The fourth-order valence-corrected chi connectivity index (χ4v) is 3.32. The van der Waals surface area contributed by atoms with Crippen LogP contribution in [0.2, 0.25) is 5.15 Å². The van der Waals surface area contributed by atoms with Crippen molar-refractivity contribution in [1.29, 1.82) is 0 Å². The highest BCUT2D eigenvalue weighted by molar-refractivity contribution is 6.29. The maximum atomic E-state index is 12.1. The predicted octanol–water partition coefficient (Wildman–Crippen LogP) is 2.83. The van der Waals surface area contributed by atoms with Gasteiger partial charge in [0.1, 0.15) is 5.15 Å². The lowest BCUT2D eigenvalue weighted by Crippen LogP contribution is -2.13. The lowest BCUT2D eigenvalue weighted by atomic mass is 10.0. The number of hydrogen-bond donors (Lipinski definition) is 2. The number of nitrogens with zero attached hydrogens (tertiary/aromatic N) is 2. The molecule has 124 valence electrons. The molecule has 1 aromatic carbocycles. The second kappa shape index (κ2) is 5.46. The van der Waals surface area contributed by atoms with Crippen LogP contribution in [-0.2, 0) is 7.05 Å². The number of H-pyrrole nitrogens is 1. The van der Waals surface area contributed by atoms with Crippen molar-refractivity contribution < 1.29 is 4.79 Å². The molecule has 3 heterocycles. The molecule has 4 rings (SSSR count). The third-order valence-electron chi connectivity index (χ3n) is 4.26. The van der Waals surface area contributed by atoms with E-state index in [2.05, 4.69) is 9.97 Å². The van der Waals surface area contributed by atoms with E-state index in [4.69, 9.17) is 17.3 Å². The highest BCUT2D eigenvalue weighted by Gasteiger charge is 2.21. The minimum Gasteiger partial charge on any atom is -0.365 e. The quantitative estimate of drug-likeness (QED) is 0.543. The van der Waals surface area contributed by atoms with Crippen LogP contribution in [0.5, 0.6) is 0 Å². The van der Waals surface area contributed by atoms with Gasteiger partial charge in [-0.1, -0.05) is 17.7 Å². The molecule has 0 atom stereocenters. The van der Waals surface area contributed by atoms with Crippen LogP contribution in [0.25, 0.3) is 33.2 Å². The van der Waals surface area contributed by atoms with Crippen molar-refractivity contribution in [3.8, 4) is 11.3 Å². The van der Waals surface area contributed by atoms with Crippen LogP contribution in [0.3, 0.4) is 0 Å². The maximum absolute atomic E-state index is 12.1. The molecule has 0 fully saturated rings. The van der Waals surface area contributed by atoms with Crippen LogP contribution in [-0.4, -0.2) is 20.4 Å². The highest BCUT2D eigenvalue weighted by Crippen LogP contribution is 2.32. The summed E-state index contributed by atoms with van der Waals surface area (Å²) in [6, 6.07) is 12.3. The van der Waals surface area contributed by atoms with Crippen molar-refractivity contribution in [3.63, 3.8) is 0 Å². The number of aryl methyl sites for hydroxylation is 1. The number of halogens is 1. The number of amides is 1. The second-order valence-corrected chi connectivity index (χ2v) is 6.16. The zero-order valence-electron chi connectivity index (χ0n) is 13.2. The third kappa shape index (κ3) is 2.38. The Balaban J connectivity index is 2.08. The Morgan fingerprint density at radius 1 is 1.20 bits per heavy atom. The van der Waals surface area contributed by atoms with Crippen LogP contribution in [0.4, 0.5) is 0 Å². The minimum absolute atomic E-state index is 0.287. The fraction of sp³-hybridized carbons (Fsp3) is 0.0556. The first-order valence-corrected chi connectivity index (χ1v) is 7.91. The first kappa shape index (κ1) is 15.4.